The van der Waals surface area contributed by atoms with Gasteiger partial charge in [0.2, 0.25) is 0 Å². The molecule has 0 bridgehead atoms. The molecule has 4 nitrogen and oxygen atoms in total. The molecule has 2 heterocycles. The molecule has 3 rings (SSSR count). The Kier molecular flexibility index (Phi) is 4.07. The second kappa shape index (κ2) is 6.33. The predicted molar refractivity (Wildman–Crippen MR) is 83.1 cm³/mol. The summed E-state index contributed by atoms with van der Waals surface area (Å²) in [6, 6.07) is 13.8. The number of para-hydroxylation sites is 1. The molecule has 1 aromatic carbocycles. The maximum Gasteiger partial charge on any atom is 0.134 e. The molecule has 2 N–H and O–H groups in total. The van der Waals surface area contributed by atoms with Crippen LogP contribution in [-0.2, 0) is 13.0 Å². The number of benzene rings is 1. The Morgan fingerprint density at radius 2 is 1.86 bits per heavy atom. The van der Waals surface area contributed by atoms with Gasteiger partial charge < -0.3 is 10.5 Å². The molecular weight excluding hydrogens is 262 g/mol. The monoisotopic (exact) mass is 279 g/mol. The topological polar surface area (TPSA) is 61.0 Å². The summed E-state index contributed by atoms with van der Waals surface area (Å²) >= 11 is 0. The van der Waals surface area contributed by atoms with E-state index in [1.54, 1.807) is 12.4 Å². The number of aromatic nitrogens is 2. The minimum Gasteiger partial charge on any atom is -0.492 e. The Morgan fingerprint density at radius 1 is 1.00 bits per heavy atom. The Hall–Kier alpha value is -2.46. The quantitative estimate of drug-likeness (QED) is 0.780. The number of ether oxygens (including phenoxy) is 1. The van der Waals surface area contributed by atoms with Gasteiger partial charge in [0, 0.05) is 42.0 Å². The van der Waals surface area contributed by atoms with Crippen molar-refractivity contribution in [2.45, 2.75) is 13.0 Å². The molecular formula is C17H17N3O. The molecule has 0 unspecified atom stereocenters. The minimum atomic E-state index is 0.413. The zero-order valence-electron chi connectivity index (χ0n) is 11.7. The minimum absolute atomic E-state index is 0.413. The highest BCUT2D eigenvalue weighted by atomic mass is 16.5. The van der Waals surface area contributed by atoms with Gasteiger partial charge in [-0.25, -0.2) is 0 Å². The Morgan fingerprint density at radius 3 is 2.67 bits per heavy atom. The highest BCUT2D eigenvalue weighted by molar-refractivity contribution is 5.86. The smallest absolute Gasteiger partial charge is 0.134 e. The zero-order valence-corrected chi connectivity index (χ0v) is 11.7. The summed E-state index contributed by atoms with van der Waals surface area (Å²) in [5, 5.41) is 1.00. The van der Waals surface area contributed by atoms with Crippen LogP contribution in [0.2, 0.25) is 0 Å². The molecule has 0 amide bonds. The zero-order chi connectivity index (χ0) is 14.5. The lowest BCUT2D eigenvalue weighted by Gasteiger charge is -2.12. The molecule has 0 fully saturated rings. The van der Waals surface area contributed by atoms with Crippen molar-refractivity contribution >= 4 is 10.9 Å². The van der Waals surface area contributed by atoms with Gasteiger partial charge in [0.05, 0.1) is 12.1 Å². The van der Waals surface area contributed by atoms with E-state index in [4.69, 9.17) is 10.5 Å². The van der Waals surface area contributed by atoms with Gasteiger partial charge in [-0.05, 0) is 24.3 Å². The summed E-state index contributed by atoms with van der Waals surface area (Å²) in [5.74, 6) is 0.832. The van der Waals surface area contributed by atoms with E-state index in [1.165, 1.54) is 0 Å². The lowest BCUT2D eigenvalue weighted by atomic mass is 10.1. The number of fused-ring (bicyclic) bond motifs is 1. The first-order chi connectivity index (χ1) is 10.4. The van der Waals surface area contributed by atoms with Crippen molar-refractivity contribution in [3.63, 3.8) is 0 Å². The predicted octanol–water partition coefficient (Wildman–Crippen LogP) is 2.71. The first-order valence-corrected chi connectivity index (χ1v) is 6.98. The number of nitrogens with two attached hydrogens (primary N) is 1. The highest BCUT2D eigenvalue weighted by Crippen LogP contribution is 2.28. The van der Waals surface area contributed by atoms with Crippen LogP contribution < -0.4 is 10.5 Å². The first-order valence-electron chi connectivity index (χ1n) is 6.98. The standard InChI is InChI=1S/C17H17N3O/c18-11-13-12-20-16-7-2-1-6-15(16)17(13)21-10-8-14-5-3-4-9-19-14/h1-7,9,12H,8,10-11,18H2. The first kappa shape index (κ1) is 13.5. The second-order valence-electron chi connectivity index (χ2n) is 4.75. The van der Waals surface area contributed by atoms with Gasteiger partial charge in [-0.1, -0.05) is 18.2 Å². The highest BCUT2D eigenvalue weighted by Gasteiger charge is 2.09. The molecule has 0 radical (unpaired) electrons. The largest absolute Gasteiger partial charge is 0.492 e. The summed E-state index contributed by atoms with van der Waals surface area (Å²) in [4.78, 5) is 8.70. The molecule has 0 spiro atoms. The van der Waals surface area contributed by atoms with Crippen LogP contribution in [-0.4, -0.2) is 16.6 Å². The van der Waals surface area contributed by atoms with Crippen LogP contribution >= 0.6 is 0 Å². The van der Waals surface area contributed by atoms with Crippen molar-refractivity contribution in [3.8, 4) is 5.75 Å². The molecule has 0 aliphatic rings. The van der Waals surface area contributed by atoms with E-state index in [0.717, 1.165) is 34.3 Å². The SMILES string of the molecule is NCc1cnc2ccccc2c1OCCc1ccccn1. The fourth-order valence-corrected chi connectivity index (χ4v) is 2.28. The molecule has 0 aliphatic heterocycles. The van der Waals surface area contributed by atoms with E-state index in [2.05, 4.69) is 9.97 Å². The number of hydrogen-bond donors (Lipinski definition) is 1. The maximum atomic E-state index is 5.99. The Labute approximate surface area is 123 Å². The molecule has 0 saturated heterocycles. The third-order valence-corrected chi connectivity index (χ3v) is 3.35. The number of hydrogen-bond acceptors (Lipinski definition) is 4. The molecule has 3 aromatic rings. The van der Waals surface area contributed by atoms with Gasteiger partial charge in [0.15, 0.2) is 0 Å². The average Bonchev–Trinajstić information content (AvgIpc) is 2.56. The van der Waals surface area contributed by atoms with E-state index in [1.807, 2.05) is 42.5 Å². The second-order valence-corrected chi connectivity index (χ2v) is 4.75. The van der Waals surface area contributed by atoms with Gasteiger partial charge in [-0.2, -0.15) is 0 Å². The maximum absolute atomic E-state index is 5.99. The summed E-state index contributed by atoms with van der Waals surface area (Å²) in [6.45, 7) is 0.981. The summed E-state index contributed by atoms with van der Waals surface area (Å²) in [7, 11) is 0. The molecule has 0 saturated carbocycles. The fraction of sp³-hybridized carbons (Fsp3) is 0.176. The third-order valence-electron chi connectivity index (χ3n) is 3.35. The Balaban J connectivity index is 1.82. The summed E-state index contributed by atoms with van der Waals surface area (Å²) < 4.78 is 5.99. The Bertz CT molecular complexity index is 728. The van der Waals surface area contributed by atoms with Crippen molar-refractivity contribution < 1.29 is 4.74 Å². The summed E-state index contributed by atoms with van der Waals surface area (Å²) in [6.07, 6.45) is 4.35. The fourth-order valence-electron chi connectivity index (χ4n) is 2.28. The van der Waals surface area contributed by atoms with E-state index in [-0.39, 0.29) is 0 Å². The average molecular weight is 279 g/mol. The van der Waals surface area contributed by atoms with Crippen molar-refractivity contribution in [3.05, 3.63) is 66.1 Å². The van der Waals surface area contributed by atoms with Crippen LogP contribution in [0.3, 0.4) is 0 Å². The lowest BCUT2D eigenvalue weighted by Crippen LogP contribution is -2.07. The molecule has 106 valence electrons. The molecule has 4 heteroatoms. The van der Waals surface area contributed by atoms with Gasteiger partial charge >= 0.3 is 0 Å². The number of rotatable bonds is 5. The van der Waals surface area contributed by atoms with Crippen LogP contribution in [0.25, 0.3) is 10.9 Å². The number of nitrogens with zero attached hydrogens (tertiary/aromatic N) is 2. The third kappa shape index (κ3) is 3.01. The van der Waals surface area contributed by atoms with Crippen LogP contribution in [0, 0.1) is 0 Å². The van der Waals surface area contributed by atoms with Crippen molar-refractivity contribution in [2.75, 3.05) is 6.61 Å². The van der Waals surface area contributed by atoms with Crippen LogP contribution in [0.4, 0.5) is 0 Å². The van der Waals surface area contributed by atoms with Gasteiger partial charge in [0.1, 0.15) is 5.75 Å². The number of pyridine rings is 2. The van der Waals surface area contributed by atoms with Crippen molar-refractivity contribution in [2.24, 2.45) is 5.73 Å². The lowest BCUT2D eigenvalue weighted by molar-refractivity contribution is 0.321. The van der Waals surface area contributed by atoms with Crippen LogP contribution in [0.1, 0.15) is 11.3 Å². The normalized spacial score (nSPS) is 10.7. The summed E-state index contributed by atoms with van der Waals surface area (Å²) in [5.41, 5.74) is 8.66. The van der Waals surface area contributed by atoms with Gasteiger partial charge in [-0.3, -0.25) is 9.97 Å². The van der Waals surface area contributed by atoms with E-state index >= 15 is 0 Å². The van der Waals surface area contributed by atoms with E-state index < -0.39 is 0 Å². The van der Waals surface area contributed by atoms with Crippen molar-refractivity contribution in [1.29, 1.82) is 0 Å². The van der Waals surface area contributed by atoms with Gasteiger partial charge in [0.25, 0.3) is 0 Å². The molecule has 21 heavy (non-hydrogen) atoms. The van der Waals surface area contributed by atoms with E-state index in [0.29, 0.717) is 13.2 Å². The molecule has 0 atom stereocenters. The van der Waals surface area contributed by atoms with Gasteiger partial charge in [-0.15, -0.1) is 0 Å². The molecule has 2 aromatic heterocycles. The van der Waals surface area contributed by atoms with Crippen molar-refractivity contribution in [1.82, 2.24) is 9.97 Å². The molecule has 0 aliphatic carbocycles. The van der Waals surface area contributed by atoms with E-state index in [9.17, 15) is 0 Å². The van der Waals surface area contributed by atoms with Crippen LogP contribution in [0.5, 0.6) is 5.75 Å². The van der Waals surface area contributed by atoms with Crippen LogP contribution in [0.15, 0.2) is 54.9 Å².